The van der Waals surface area contributed by atoms with Gasteiger partial charge in [0.05, 0.1) is 19.2 Å². The number of carbonyl (C=O) groups is 1. The van der Waals surface area contributed by atoms with E-state index in [4.69, 9.17) is 13.8 Å². The van der Waals surface area contributed by atoms with Gasteiger partial charge in [-0.25, -0.2) is 4.79 Å². The van der Waals surface area contributed by atoms with Crippen LogP contribution in [0.4, 0.5) is 4.79 Å². The molecule has 0 unspecified atom stereocenters. The van der Waals surface area contributed by atoms with Crippen LogP contribution in [-0.4, -0.2) is 46.5 Å². The number of rotatable bonds is 6. The molecule has 0 aromatic carbocycles. The maximum absolute atomic E-state index is 12.4. The van der Waals surface area contributed by atoms with Gasteiger partial charge < -0.3 is 24.0 Å². The number of carbonyl (C=O) groups excluding carboxylic acids is 1. The number of nitrogens with zero attached hydrogens (tertiary/aromatic N) is 4. The molecule has 2 aromatic heterocycles. The van der Waals surface area contributed by atoms with Gasteiger partial charge in [-0.15, -0.1) is 0 Å². The molecule has 24 heavy (non-hydrogen) atoms. The Hall–Kier alpha value is -2.42. The van der Waals surface area contributed by atoms with E-state index in [0.717, 1.165) is 24.3 Å². The minimum absolute atomic E-state index is 0.0533. The van der Waals surface area contributed by atoms with Crippen molar-refractivity contribution in [2.24, 2.45) is 0 Å². The van der Waals surface area contributed by atoms with Gasteiger partial charge in [0, 0.05) is 26.1 Å². The summed E-state index contributed by atoms with van der Waals surface area (Å²) < 4.78 is 15.2. The first-order valence-electron chi connectivity index (χ1n) is 7.95. The van der Waals surface area contributed by atoms with Crippen molar-refractivity contribution < 1.29 is 18.6 Å². The summed E-state index contributed by atoms with van der Waals surface area (Å²) in [5, 5.41) is 10.7. The van der Waals surface area contributed by atoms with E-state index in [1.54, 1.807) is 12.0 Å². The predicted octanol–water partition coefficient (Wildman–Crippen LogP) is 1.60. The Labute approximate surface area is 139 Å². The van der Waals surface area contributed by atoms with E-state index in [-0.39, 0.29) is 18.6 Å². The highest BCUT2D eigenvalue weighted by atomic mass is 16.5. The van der Waals surface area contributed by atoms with Gasteiger partial charge in [0.15, 0.2) is 5.82 Å². The monoisotopic (exact) mass is 335 g/mol. The fraction of sp³-hybridized carbons (Fsp3) is 0.600. The molecule has 2 amide bonds. The van der Waals surface area contributed by atoms with Crippen LogP contribution >= 0.6 is 0 Å². The van der Waals surface area contributed by atoms with Crippen LogP contribution in [0.5, 0.6) is 0 Å². The number of nitrogens with one attached hydrogen (secondary N) is 1. The average Bonchev–Trinajstić information content (AvgIpc) is 3.30. The van der Waals surface area contributed by atoms with Gasteiger partial charge in [-0.3, -0.25) is 0 Å². The van der Waals surface area contributed by atoms with E-state index in [1.807, 2.05) is 13.0 Å². The highest BCUT2D eigenvalue weighted by Gasteiger charge is 2.32. The number of hydrogen-bond acceptors (Lipinski definition) is 7. The molecule has 1 saturated heterocycles. The van der Waals surface area contributed by atoms with Gasteiger partial charge in [-0.2, -0.15) is 4.98 Å². The van der Waals surface area contributed by atoms with Crippen molar-refractivity contribution in [1.82, 2.24) is 25.5 Å². The van der Waals surface area contributed by atoms with Gasteiger partial charge in [-0.1, -0.05) is 10.3 Å². The molecule has 0 saturated carbocycles. The van der Waals surface area contributed by atoms with Crippen LogP contribution in [0.3, 0.4) is 0 Å². The molecule has 0 radical (unpaired) electrons. The summed E-state index contributed by atoms with van der Waals surface area (Å²) in [6.07, 6.45) is 2.39. The van der Waals surface area contributed by atoms with Crippen LogP contribution in [0, 0.1) is 6.92 Å². The van der Waals surface area contributed by atoms with Crippen LogP contribution in [0.2, 0.25) is 0 Å². The van der Waals surface area contributed by atoms with Gasteiger partial charge in [0.2, 0.25) is 5.89 Å². The molecule has 0 aliphatic carbocycles. The number of hydrogen-bond donors (Lipinski definition) is 1. The number of aromatic nitrogens is 3. The highest BCUT2D eigenvalue weighted by Crippen LogP contribution is 2.31. The minimum atomic E-state index is -0.171. The molecule has 0 spiro atoms. The maximum Gasteiger partial charge on any atom is 0.318 e. The lowest BCUT2D eigenvalue weighted by Gasteiger charge is -2.22. The molecule has 1 aliphatic rings. The summed E-state index contributed by atoms with van der Waals surface area (Å²) >= 11 is 0. The molecule has 3 heterocycles. The summed E-state index contributed by atoms with van der Waals surface area (Å²) in [6, 6.07) is 1.65. The van der Waals surface area contributed by atoms with E-state index in [9.17, 15) is 4.79 Å². The van der Waals surface area contributed by atoms with E-state index >= 15 is 0 Å². The number of urea groups is 1. The quantitative estimate of drug-likeness (QED) is 0.854. The Morgan fingerprint density at radius 3 is 3.08 bits per heavy atom. The molecule has 9 nitrogen and oxygen atoms in total. The fourth-order valence-electron chi connectivity index (χ4n) is 2.77. The largest absolute Gasteiger partial charge is 0.384 e. The van der Waals surface area contributed by atoms with Crippen LogP contribution in [0.1, 0.15) is 42.1 Å². The zero-order chi connectivity index (χ0) is 16.9. The van der Waals surface area contributed by atoms with Crippen molar-refractivity contribution in [2.45, 2.75) is 38.8 Å². The first-order chi connectivity index (χ1) is 11.7. The number of amides is 2. The molecule has 2 aromatic rings. The summed E-state index contributed by atoms with van der Waals surface area (Å²) in [4.78, 5) is 18.4. The Morgan fingerprint density at radius 2 is 2.33 bits per heavy atom. The fourth-order valence-corrected chi connectivity index (χ4v) is 2.77. The van der Waals surface area contributed by atoms with Gasteiger partial charge in [0.1, 0.15) is 11.5 Å². The molecular weight excluding hydrogens is 314 g/mol. The zero-order valence-corrected chi connectivity index (χ0v) is 13.8. The second kappa shape index (κ2) is 7.43. The van der Waals surface area contributed by atoms with E-state index in [1.165, 1.54) is 0 Å². The second-order valence-electron chi connectivity index (χ2n) is 5.72. The average molecular weight is 335 g/mol. The van der Waals surface area contributed by atoms with E-state index in [2.05, 4.69) is 20.6 Å². The van der Waals surface area contributed by atoms with Gasteiger partial charge in [0.25, 0.3) is 0 Å². The molecule has 130 valence electrons. The minimum Gasteiger partial charge on any atom is -0.384 e. The molecule has 1 aliphatic heterocycles. The molecule has 3 rings (SSSR count). The standard InChI is InChI=1S/C15H21N5O4/c1-10-8-11(18-23-10)12-4-3-6-20(12)15(21)16-9-14-17-13(19-24-14)5-7-22-2/h8,12H,3-7,9H2,1-2H3,(H,16,21)/t12-/m0/s1. The predicted molar refractivity (Wildman–Crippen MR) is 82.0 cm³/mol. The normalized spacial score (nSPS) is 17.4. The lowest BCUT2D eigenvalue weighted by Crippen LogP contribution is -2.39. The number of likely N-dealkylation sites (tertiary alicyclic amines) is 1. The Balaban J connectivity index is 1.55. The summed E-state index contributed by atoms with van der Waals surface area (Å²) in [6.45, 7) is 3.25. The van der Waals surface area contributed by atoms with Crippen LogP contribution in [0.15, 0.2) is 15.1 Å². The van der Waals surface area contributed by atoms with Crippen LogP contribution in [0.25, 0.3) is 0 Å². The van der Waals surface area contributed by atoms with Gasteiger partial charge in [-0.05, 0) is 19.8 Å². The van der Waals surface area contributed by atoms with Gasteiger partial charge >= 0.3 is 6.03 Å². The maximum atomic E-state index is 12.4. The number of methoxy groups -OCH3 is 1. The summed E-state index contributed by atoms with van der Waals surface area (Å²) in [7, 11) is 1.62. The Kier molecular flexibility index (Phi) is 5.09. The van der Waals surface area contributed by atoms with Crippen molar-refractivity contribution in [2.75, 3.05) is 20.3 Å². The van der Waals surface area contributed by atoms with Crippen molar-refractivity contribution >= 4 is 6.03 Å². The first kappa shape index (κ1) is 16.4. The van der Waals surface area contributed by atoms with Crippen molar-refractivity contribution in [3.05, 3.63) is 29.2 Å². The Bertz CT molecular complexity index is 683. The van der Waals surface area contributed by atoms with Crippen molar-refractivity contribution in [3.8, 4) is 0 Å². The third-order valence-electron chi connectivity index (χ3n) is 3.93. The van der Waals surface area contributed by atoms with E-state index in [0.29, 0.717) is 31.3 Å². The SMILES string of the molecule is COCCc1noc(CNC(=O)N2CCC[C@H]2c2cc(C)on2)n1. The van der Waals surface area contributed by atoms with Crippen LogP contribution in [-0.2, 0) is 17.7 Å². The zero-order valence-electron chi connectivity index (χ0n) is 13.8. The molecule has 9 heteroatoms. The van der Waals surface area contributed by atoms with Crippen LogP contribution < -0.4 is 5.32 Å². The lowest BCUT2D eigenvalue weighted by molar-refractivity contribution is 0.188. The Morgan fingerprint density at radius 1 is 1.46 bits per heavy atom. The molecule has 0 bridgehead atoms. The first-order valence-corrected chi connectivity index (χ1v) is 7.95. The highest BCUT2D eigenvalue weighted by molar-refractivity contribution is 5.74. The molecule has 1 atom stereocenters. The van der Waals surface area contributed by atoms with Crippen molar-refractivity contribution in [3.63, 3.8) is 0 Å². The van der Waals surface area contributed by atoms with Crippen molar-refractivity contribution in [1.29, 1.82) is 0 Å². The summed E-state index contributed by atoms with van der Waals surface area (Å²) in [5.74, 6) is 1.69. The third kappa shape index (κ3) is 3.73. The second-order valence-corrected chi connectivity index (χ2v) is 5.72. The summed E-state index contributed by atoms with van der Waals surface area (Å²) in [5.41, 5.74) is 0.791. The topological polar surface area (TPSA) is 107 Å². The molecule has 1 N–H and O–H groups in total. The molecular formula is C15H21N5O4. The van der Waals surface area contributed by atoms with E-state index < -0.39 is 0 Å². The smallest absolute Gasteiger partial charge is 0.318 e. The third-order valence-corrected chi connectivity index (χ3v) is 3.93. The lowest BCUT2D eigenvalue weighted by atomic mass is 10.1. The molecule has 1 fully saturated rings. The number of ether oxygens (including phenoxy) is 1. The number of aryl methyl sites for hydroxylation is 1.